The van der Waals surface area contributed by atoms with Gasteiger partial charge in [-0.2, -0.15) is 0 Å². The standard InChI is InChI=1S/C11H13ClN4/c1-2-5-10-11(13)14-15-16(10)9-7-4-3-6-8(9)12/h3-4,6-7H,2,5,13H2,1H3. The zero-order valence-electron chi connectivity index (χ0n) is 9.02. The zero-order valence-corrected chi connectivity index (χ0v) is 9.78. The molecule has 0 unspecified atom stereocenters. The summed E-state index contributed by atoms with van der Waals surface area (Å²) in [7, 11) is 0. The molecule has 1 aromatic carbocycles. The van der Waals surface area contributed by atoms with Crippen molar-refractivity contribution < 1.29 is 0 Å². The summed E-state index contributed by atoms with van der Waals surface area (Å²) in [5, 5.41) is 8.55. The summed E-state index contributed by atoms with van der Waals surface area (Å²) in [6.45, 7) is 2.09. The summed E-state index contributed by atoms with van der Waals surface area (Å²) >= 11 is 6.11. The van der Waals surface area contributed by atoms with E-state index >= 15 is 0 Å². The Kier molecular flexibility index (Phi) is 3.10. The van der Waals surface area contributed by atoms with E-state index in [0.717, 1.165) is 24.2 Å². The van der Waals surface area contributed by atoms with Gasteiger partial charge in [-0.05, 0) is 18.6 Å². The first-order chi connectivity index (χ1) is 7.74. The lowest BCUT2D eigenvalue weighted by Gasteiger charge is -2.07. The fourth-order valence-corrected chi connectivity index (χ4v) is 1.82. The summed E-state index contributed by atoms with van der Waals surface area (Å²) in [6.07, 6.45) is 1.83. The third-order valence-electron chi connectivity index (χ3n) is 2.36. The Morgan fingerprint density at radius 1 is 1.38 bits per heavy atom. The molecule has 2 rings (SSSR count). The van der Waals surface area contributed by atoms with Crippen LogP contribution in [0.25, 0.3) is 5.69 Å². The maximum atomic E-state index is 6.11. The highest BCUT2D eigenvalue weighted by Gasteiger charge is 2.12. The molecule has 0 radical (unpaired) electrons. The molecule has 0 spiro atoms. The summed E-state index contributed by atoms with van der Waals surface area (Å²) in [6, 6.07) is 7.51. The molecular weight excluding hydrogens is 224 g/mol. The summed E-state index contributed by atoms with van der Waals surface area (Å²) in [5.74, 6) is 0.474. The van der Waals surface area contributed by atoms with Crippen molar-refractivity contribution in [1.29, 1.82) is 0 Å². The monoisotopic (exact) mass is 236 g/mol. The first kappa shape index (κ1) is 11.0. The number of halogens is 1. The molecular formula is C11H13ClN4. The highest BCUT2D eigenvalue weighted by Crippen LogP contribution is 2.22. The lowest BCUT2D eigenvalue weighted by molar-refractivity contribution is 0.746. The predicted octanol–water partition coefficient (Wildman–Crippen LogP) is 2.46. The van der Waals surface area contributed by atoms with Gasteiger partial charge in [-0.25, -0.2) is 4.68 Å². The third-order valence-corrected chi connectivity index (χ3v) is 2.68. The van der Waals surface area contributed by atoms with Gasteiger partial charge in [-0.1, -0.05) is 42.3 Å². The zero-order chi connectivity index (χ0) is 11.5. The molecule has 0 aliphatic rings. The van der Waals surface area contributed by atoms with Gasteiger partial charge in [0.15, 0.2) is 5.82 Å². The molecule has 4 nitrogen and oxygen atoms in total. The van der Waals surface area contributed by atoms with Crippen LogP contribution in [0.2, 0.25) is 5.02 Å². The van der Waals surface area contributed by atoms with Crippen molar-refractivity contribution in [1.82, 2.24) is 15.0 Å². The van der Waals surface area contributed by atoms with Gasteiger partial charge in [-0.3, -0.25) is 0 Å². The largest absolute Gasteiger partial charge is 0.381 e. The molecule has 0 bridgehead atoms. The molecule has 2 N–H and O–H groups in total. The van der Waals surface area contributed by atoms with Gasteiger partial charge in [0.1, 0.15) is 0 Å². The molecule has 0 amide bonds. The van der Waals surface area contributed by atoms with Crippen LogP contribution in [0.3, 0.4) is 0 Å². The second-order valence-corrected chi connectivity index (χ2v) is 3.94. The van der Waals surface area contributed by atoms with Gasteiger partial charge < -0.3 is 5.73 Å². The molecule has 0 atom stereocenters. The summed E-state index contributed by atoms with van der Waals surface area (Å²) < 4.78 is 1.71. The number of rotatable bonds is 3. The van der Waals surface area contributed by atoms with Gasteiger partial charge in [0.2, 0.25) is 0 Å². The fourth-order valence-electron chi connectivity index (χ4n) is 1.60. The minimum atomic E-state index is 0.474. The summed E-state index contributed by atoms with van der Waals surface area (Å²) in [5.41, 5.74) is 7.51. The van der Waals surface area contributed by atoms with Gasteiger partial charge in [0, 0.05) is 0 Å². The van der Waals surface area contributed by atoms with Crippen molar-refractivity contribution in [3.63, 3.8) is 0 Å². The van der Waals surface area contributed by atoms with E-state index in [1.54, 1.807) is 4.68 Å². The van der Waals surface area contributed by atoms with E-state index < -0.39 is 0 Å². The quantitative estimate of drug-likeness (QED) is 0.891. The number of nitrogens with two attached hydrogens (primary N) is 1. The topological polar surface area (TPSA) is 56.7 Å². The molecule has 84 valence electrons. The predicted molar refractivity (Wildman–Crippen MR) is 64.8 cm³/mol. The van der Waals surface area contributed by atoms with E-state index in [1.165, 1.54) is 0 Å². The molecule has 0 fully saturated rings. The highest BCUT2D eigenvalue weighted by molar-refractivity contribution is 6.32. The number of hydrogen-bond donors (Lipinski definition) is 1. The van der Waals surface area contributed by atoms with Crippen LogP contribution in [0, 0.1) is 0 Å². The van der Waals surface area contributed by atoms with Crippen LogP contribution in [0.5, 0.6) is 0 Å². The molecule has 0 aliphatic carbocycles. The normalized spacial score (nSPS) is 10.6. The number of hydrogen-bond acceptors (Lipinski definition) is 3. The van der Waals surface area contributed by atoms with E-state index in [1.807, 2.05) is 24.3 Å². The van der Waals surface area contributed by atoms with Crippen LogP contribution < -0.4 is 5.73 Å². The van der Waals surface area contributed by atoms with E-state index in [9.17, 15) is 0 Å². The van der Waals surface area contributed by atoms with Crippen molar-refractivity contribution in [3.05, 3.63) is 35.0 Å². The van der Waals surface area contributed by atoms with Crippen molar-refractivity contribution in [2.75, 3.05) is 5.73 Å². The molecule has 1 heterocycles. The van der Waals surface area contributed by atoms with E-state index in [0.29, 0.717) is 10.8 Å². The first-order valence-electron chi connectivity index (χ1n) is 5.19. The Morgan fingerprint density at radius 2 is 2.12 bits per heavy atom. The second-order valence-electron chi connectivity index (χ2n) is 3.53. The Bertz CT molecular complexity index is 492. The van der Waals surface area contributed by atoms with Gasteiger partial charge in [0.05, 0.1) is 16.4 Å². The molecule has 5 heteroatoms. The van der Waals surface area contributed by atoms with Gasteiger partial charge in [-0.15, -0.1) is 5.10 Å². The van der Waals surface area contributed by atoms with E-state index in [4.69, 9.17) is 17.3 Å². The molecule has 1 aromatic heterocycles. The average molecular weight is 237 g/mol. The maximum absolute atomic E-state index is 6.11. The van der Waals surface area contributed by atoms with Crippen LogP contribution >= 0.6 is 11.6 Å². The smallest absolute Gasteiger partial charge is 0.169 e. The Labute approximate surface area is 99.0 Å². The lowest BCUT2D eigenvalue weighted by Crippen LogP contribution is -2.04. The van der Waals surface area contributed by atoms with Crippen LogP contribution in [0.15, 0.2) is 24.3 Å². The maximum Gasteiger partial charge on any atom is 0.169 e. The van der Waals surface area contributed by atoms with Crippen molar-refractivity contribution in [2.24, 2.45) is 0 Å². The number of aromatic nitrogens is 3. The van der Waals surface area contributed by atoms with E-state index in [-0.39, 0.29) is 0 Å². The highest BCUT2D eigenvalue weighted by atomic mass is 35.5. The number of nitrogen functional groups attached to an aromatic ring is 1. The average Bonchev–Trinajstić information content (AvgIpc) is 2.62. The molecule has 2 aromatic rings. The Hall–Kier alpha value is -1.55. The first-order valence-corrected chi connectivity index (χ1v) is 5.56. The van der Waals surface area contributed by atoms with Crippen LogP contribution in [0.4, 0.5) is 5.82 Å². The van der Waals surface area contributed by atoms with Crippen molar-refractivity contribution >= 4 is 17.4 Å². The lowest BCUT2D eigenvalue weighted by atomic mass is 10.2. The van der Waals surface area contributed by atoms with Crippen LogP contribution in [-0.2, 0) is 6.42 Å². The molecule has 0 aliphatic heterocycles. The fraction of sp³-hybridized carbons (Fsp3) is 0.273. The number of nitrogens with zero attached hydrogens (tertiary/aromatic N) is 3. The van der Waals surface area contributed by atoms with Crippen LogP contribution in [0.1, 0.15) is 19.0 Å². The van der Waals surface area contributed by atoms with Crippen molar-refractivity contribution in [2.45, 2.75) is 19.8 Å². The third kappa shape index (κ3) is 1.88. The number of benzene rings is 1. The summed E-state index contributed by atoms with van der Waals surface area (Å²) in [4.78, 5) is 0. The molecule has 0 saturated heterocycles. The minimum Gasteiger partial charge on any atom is -0.381 e. The van der Waals surface area contributed by atoms with Crippen LogP contribution in [-0.4, -0.2) is 15.0 Å². The second kappa shape index (κ2) is 4.53. The molecule has 0 saturated carbocycles. The number of para-hydroxylation sites is 1. The Balaban J connectivity index is 2.52. The Morgan fingerprint density at radius 3 is 2.81 bits per heavy atom. The SMILES string of the molecule is CCCc1c(N)nnn1-c1ccccc1Cl. The minimum absolute atomic E-state index is 0.474. The van der Waals surface area contributed by atoms with Gasteiger partial charge in [0.25, 0.3) is 0 Å². The number of anilines is 1. The van der Waals surface area contributed by atoms with Gasteiger partial charge >= 0.3 is 0 Å². The van der Waals surface area contributed by atoms with Crippen molar-refractivity contribution in [3.8, 4) is 5.69 Å². The molecule has 16 heavy (non-hydrogen) atoms. The van der Waals surface area contributed by atoms with E-state index in [2.05, 4.69) is 17.2 Å².